The second-order valence-corrected chi connectivity index (χ2v) is 6.82. The van der Waals surface area contributed by atoms with Crippen LogP contribution in [0.15, 0.2) is 66.7 Å². The normalized spacial score (nSPS) is 15.7. The second-order valence-electron chi connectivity index (χ2n) is 6.82. The maximum Gasteiger partial charge on any atom is 0.231 e. The third kappa shape index (κ3) is 2.31. The predicted molar refractivity (Wildman–Crippen MR) is 96.9 cm³/mol. The van der Waals surface area contributed by atoms with Crippen LogP contribution in [0.2, 0.25) is 0 Å². The van der Waals surface area contributed by atoms with Gasteiger partial charge in [-0.15, -0.1) is 0 Å². The summed E-state index contributed by atoms with van der Waals surface area (Å²) in [4.78, 5) is 1.45. The predicted octanol–water partition coefficient (Wildman–Crippen LogP) is 3.20. The van der Waals surface area contributed by atoms with Gasteiger partial charge in [0.1, 0.15) is 12.6 Å². The van der Waals surface area contributed by atoms with Gasteiger partial charge >= 0.3 is 0 Å². The zero-order valence-electron chi connectivity index (χ0n) is 14.2. The van der Waals surface area contributed by atoms with E-state index in [0.29, 0.717) is 12.8 Å². The van der Waals surface area contributed by atoms with Gasteiger partial charge in [0, 0.05) is 16.7 Å². The van der Waals surface area contributed by atoms with Gasteiger partial charge in [-0.1, -0.05) is 48.5 Å². The highest BCUT2D eigenvalue weighted by molar-refractivity contribution is 5.77. The van der Waals surface area contributed by atoms with Crippen LogP contribution < -0.4 is 14.4 Å². The Kier molecular flexibility index (Phi) is 3.28. The largest absolute Gasteiger partial charge is 0.454 e. The molecule has 1 aliphatic carbocycles. The molecule has 3 heteroatoms. The summed E-state index contributed by atoms with van der Waals surface area (Å²) >= 11 is 0. The molecule has 25 heavy (non-hydrogen) atoms. The molecule has 0 aromatic heterocycles. The van der Waals surface area contributed by atoms with Crippen LogP contribution in [0.4, 0.5) is 0 Å². The first-order chi connectivity index (χ1) is 12.3. The lowest BCUT2D eigenvalue weighted by Crippen LogP contribution is -3.07. The van der Waals surface area contributed by atoms with Gasteiger partial charge in [-0.25, -0.2) is 0 Å². The minimum atomic E-state index is 0.324. The highest BCUT2D eigenvalue weighted by atomic mass is 16.7. The fraction of sp³-hybridized carbons (Fsp3) is 0.182. The van der Waals surface area contributed by atoms with Gasteiger partial charge in [-0.3, -0.25) is 0 Å². The molecule has 2 aliphatic rings. The zero-order valence-corrected chi connectivity index (χ0v) is 14.2. The molecular formula is C22H20NO2+. The van der Waals surface area contributed by atoms with Crippen LogP contribution in [0.5, 0.6) is 11.5 Å². The molecule has 0 radical (unpaired) electrons. The third-order valence-electron chi connectivity index (χ3n) is 5.25. The Hall–Kier alpha value is -2.78. The first-order valence-corrected chi connectivity index (χ1v) is 8.70. The van der Waals surface area contributed by atoms with Crippen molar-refractivity contribution in [2.45, 2.75) is 12.6 Å². The van der Waals surface area contributed by atoms with Gasteiger partial charge in [-0.2, -0.15) is 0 Å². The molecule has 0 bridgehead atoms. The smallest absolute Gasteiger partial charge is 0.231 e. The van der Waals surface area contributed by atoms with E-state index in [4.69, 9.17) is 9.47 Å². The molecule has 124 valence electrons. The van der Waals surface area contributed by atoms with E-state index in [1.54, 1.807) is 0 Å². The van der Waals surface area contributed by atoms with Gasteiger partial charge in [0.25, 0.3) is 0 Å². The number of benzene rings is 3. The average molecular weight is 330 g/mol. The van der Waals surface area contributed by atoms with Crippen LogP contribution in [-0.2, 0) is 6.54 Å². The van der Waals surface area contributed by atoms with Crippen molar-refractivity contribution < 1.29 is 14.4 Å². The molecule has 3 nitrogen and oxygen atoms in total. The molecule has 5 rings (SSSR count). The summed E-state index contributed by atoms with van der Waals surface area (Å²) in [6.07, 6.45) is 0. The fourth-order valence-electron chi connectivity index (χ4n) is 4.16. The molecule has 1 unspecified atom stereocenters. The topological polar surface area (TPSA) is 22.9 Å². The number of fused-ring (bicyclic) bond motifs is 4. The van der Waals surface area contributed by atoms with Crippen LogP contribution in [0.1, 0.15) is 22.7 Å². The van der Waals surface area contributed by atoms with Crippen LogP contribution in [0.25, 0.3) is 11.1 Å². The molecular weight excluding hydrogens is 310 g/mol. The first kappa shape index (κ1) is 14.6. The van der Waals surface area contributed by atoms with Crippen LogP contribution in [0.3, 0.4) is 0 Å². The molecule has 1 heterocycles. The number of ether oxygens (including phenoxy) is 2. The van der Waals surface area contributed by atoms with Gasteiger partial charge < -0.3 is 14.4 Å². The maximum absolute atomic E-state index is 5.53. The van der Waals surface area contributed by atoms with E-state index >= 15 is 0 Å². The molecule has 0 amide bonds. The third-order valence-corrected chi connectivity index (χ3v) is 5.25. The van der Waals surface area contributed by atoms with E-state index in [0.717, 1.165) is 18.0 Å². The van der Waals surface area contributed by atoms with Crippen molar-refractivity contribution in [1.29, 1.82) is 0 Å². The van der Waals surface area contributed by atoms with Crippen molar-refractivity contribution in [1.82, 2.24) is 0 Å². The van der Waals surface area contributed by atoms with Crippen LogP contribution in [0, 0.1) is 0 Å². The number of nitrogens with one attached hydrogen (secondary N) is 1. The summed E-state index contributed by atoms with van der Waals surface area (Å²) in [7, 11) is 2.27. The van der Waals surface area contributed by atoms with Gasteiger partial charge in [0.2, 0.25) is 6.79 Å². The number of hydrogen-bond acceptors (Lipinski definition) is 2. The Morgan fingerprint density at radius 2 is 1.48 bits per heavy atom. The summed E-state index contributed by atoms with van der Waals surface area (Å²) in [6.45, 7) is 1.26. The van der Waals surface area contributed by atoms with Gasteiger partial charge in [-0.05, 0) is 29.3 Å². The molecule has 1 N–H and O–H groups in total. The van der Waals surface area contributed by atoms with E-state index in [9.17, 15) is 0 Å². The van der Waals surface area contributed by atoms with Gasteiger partial charge in [0.15, 0.2) is 11.5 Å². The lowest BCUT2D eigenvalue weighted by molar-refractivity contribution is -0.919. The summed E-state index contributed by atoms with van der Waals surface area (Å²) in [5.41, 5.74) is 6.84. The molecule has 1 aliphatic heterocycles. The zero-order chi connectivity index (χ0) is 16.8. The highest BCUT2D eigenvalue weighted by Crippen LogP contribution is 2.41. The Balaban J connectivity index is 1.50. The first-order valence-electron chi connectivity index (χ1n) is 8.70. The lowest BCUT2D eigenvalue weighted by Gasteiger charge is -2.23. The minimum absolute atomic E-state index is 0.324. The summed E-state index contributed by atoms with van der Waals surface area (Å²) in [5.74, 6) is 1.70. The Morgan fingerprint density at radius 1 is 0.840 bits per heavy atom. The minimum Gasteiger partial charge on any atom is -0.454 e. The lowest BCUT2D eigenvalue weighted by atomic mass is 10.0. The van der Waals surface area contributed by atoms with Crippen molar-refractivity contribution in [3.63, 3.8) is 0 Å². The number of hydrogen-bond donors (Lipinski definition) is 1. The Labute approximate surface area is 147 Å². The monoisotopic (exact) mass is 330 g/mol. The quantitative estimate of drug-likeness (QED) is 0.797. The van der Waals surface area contributed by atoms with Crippen molar-refractivity contribution in [3.05, 3.63) is 83.4 Å². The van der Waals surface area contributed by atoms with Crippen molar-refractivity contribution in [2.75, 3.05) is 13.8 Å². The molecule has 0 saturated carbocycles. The molecule has 3 aromatic rings. The molecule has 0 spiro atoms. The molecule has 0 fully saturated rings. The Morgan fingerprint density at radius 3 is 2.20 bits per heavy atom. The van der Waals surface area contributed by atoms with E-state index in [1.165, 1.54) is 32.7 Å². The van der Waals surface area contributed by atoms with Crippen LogP contribution in [-0.4, -0.2) is 13.8 Å². The van der Waals surface area contributed by atoms with Crippen molar-refractivity contribution in [3.8, 4) is 22.6 Å². The molecule has 0 saturated heterocycles. The highest BCUT2D eigenvalue weighted by Gasteiger charge is 2.34. The standard InChI is InChI=1S/C22H19NO2/c1-23(13-15-10-11-20-21(12-15)25-14-24-20)22-18-8-4-2-6-16(18)17-7-3-5-9-19(17)22/h2-12,22H,13-14H2,1H3/p+1. The van der Waals surface area contributed by atoms with Crippen LogP contribution >= 0.6 is 0 Å². The summed E-state index contributed by atoms with van der Waals surface area (Å²) in [6, 6.07) is 24.2. The fourth-order valence-corrected chi connectivity index (χ4v) is 4.16. The SMILES string of the molecule is C[NH+](Cc1ccc2c(c1)OCO2)C1c2ccccc2-c2ccccc21. The summed E-state index contributed by atoms with van der Waals surface area (Å²) in [5, 5.41) is 0. The second kappa shape index (κ2) is 5.64. The summed E-state index contributed by atoms with van der Waals surface area (Å²) < 4.78 is 10.9. The van der Waals surface area contributed by atoms with E-state index in [2.05, 4.69) is 67.7 Å². The van der Waals surface area contributed by atoms with E-state index < -0.39 is 0 Å². The maximum atomic E-state index is 5.53. The average Bonchev–Trinajstić information content (AvgIpc) is 3.23. The van der Waals surface area contributed by atoms with Crippen molar-refractivity contribution >= 4 is 0 Å². The molecule has 1 atom stereocenters. The number of quaternary nitrogens is 1. The van der Waals surface area contributed by atoms with Gasteiger partial charge in [0.05, 0.1) is 7.05 Å². The molecule has 3 aromatic carbocycles. The van der Waals surface area contributed by atoms with E-state index in [1.807, 2.05) is 6.07 Å². The van der Waals surface area contributed by atoms with E-state index in [-0.39, 0.29) is 0 Å². The Bertz CT molecular complexity index is 905. The van der Waals surface area contributed by atoms with Crippen molar-refractivity contribution in [2.24, 2.45) is 0 Å². The number of rotatable bonds is 3.